The molecule has 0 spiro atoms. The fourth-order valence-electron chi connectivity index (χ4n) is 1.89. The van der Waals surface area contributed by atoms with Crippen molar-refractivity contribution in [3.8, 4) is 5.75 Å². The summed E-state index contributed by atoms with van der Waals surface area (Å²) in [5, 5.41) is 3.68. The minimum absolute atomic E-state index is 0.364. The van der Waals surface area contributed by atoms with Gasteiger partial charge in [0, 0.05) is 17.6 Å². The number of hydrogen-bond acceptors (Lipinski definition) is 2. The molecule has 1 aromatic carbocycles. The predicted octanol–water partition coefficient (Wildman–Crippen LogP) is 3.78. The lowest BCUT2D eigenvalue weighted by atomic mass is 9.99. The Balaban J connectivity index is 2.86. The van der Waals surface area contributed by atoms with E-state index in [1.165, 1.54) is 5.56 Å². The molecule has 17 heavy (non-hydrogen) atoms. The minimum atomic E-state index is 0.364. The molecule has 0 saturated heterocycles. The molecule has 0 heterocycles. The predicted molar refractivity (Wildman–Crippen MR) is 73.5 cm³/mol. The van der Waals surface area contributed by atoms with E-state index < -0.39 is 0 Å². The number of nitrogens with one attached hydrogen (secondary N) is 1. The molecule has 0 fully saturated rings. The van der Waals surface area contributed by atoms with Crippen molar-refractivity contribution in [2.45, 2.75) is 46.2 Å². The lowest BCUT2D eigenvalue weighted by Crippen LogP contribution is -2.34. The van der Waals surface area contributed by atoms with Crippen LogP contribution in [-0.2, 0) is 0 Å². The molecule has 0 aliphatic rings. The van der Waals surface area contributed by atoms with Gasteiger partial charge in [-0.15, -0.1) is 0 Å². The van der Waals surface area contributed by atoms with Crippen molar-refractivity contribution in [3.63, 3.8) is 0 Å². The fourth-order valence-corrected chi connectivity index (χ4v) is 1.89. The van der Waals surface area contributed by atoms with Crippen LogP contribution in [-0.4, -0.2) is 13.2 Å². The zero-order valence-electron chi connectivity index (χ0n) is 11.7. The molecule has 1 aromatic rings. The Morgan fingerprint density at radius 2 is 1.82 bits per heavy atom. The van der Waals surface area contributed by atoms with E-state index in [9.17, 15) is 0 Å². The molecule has 0 saturated carbocycles. The highest BCUT2D eigenvalue weighted by atomic mass is 16.5. The standard InChI is InChI=1S/C15H25NO/c1-6-14(16-12(4)11(2)3)13-9-7-8-10-15(13)17-5/h7-12,14,16H,6H2,1-5H3. The first-order valence-corrected chi connectivity index (χ1v) is 6.49. The molecule has 0 radical (unpaired) electrons. The van der Waals surface area contributed by atoms with Crippen LogP contribution in [0.1, 0.15) is 45.7 Å². The van der Waals surface area contributed by atoms with E-state index >= 15 is 0 Å². The minimum Gasteiger partial charge on any atom is -0.496 e. The summed E-state index contributed by atoms with van der Waals surface area (Å²) in [6.45, 7) is 8.93. The molecular formula is C15H25NO. The van der Waals surface area contributed by atoms with Gasteiger partial charge in [-0.05, 0) is 25.3 Å². The van der Waals surface area contributed by atoms with Crippen LogP contribution in [0.3, 0.4) is 0 Å². The van der Waals surface area contributed by atoms with E-state index in [2.05, 4.69) is 45.1 Å². The van der Waals surface area contributed by atoms with Gasteiger partial charge in [0.25, 0.3) is 0 Å². The quantitative estimate of drug-likeness (QED) is 0.810. The number of hydrogen-bond donors (Lipinski definition) is 1. The molecule has 0 aromatic heterocycles. The van der Waals surface area contributed by atoms with Crippen LogP contribution in [0.25, 0.3) is 0 Å². The van der Waals surface area contributed by atoms with Crippen molar-refractivity contribution in [3.05, 3.63) is 29.8 Å². The second-order valence-electron chi connectivity index (χ2n) is 4.90. The highest BCUT2D eigenvalue weighted by molar-refractivity contribution is 5.35. The van der Waals surface area contributed by atoms with E-state index in [1.807, 2.05) is 12.1 Å². The van der Waals surface area contributed by atoms with Crippen molar-refractivity contribution in [1.29, 1.82) is 0 Å². The zero-order valence-corrected chi connectivity index (χ0v) is 11.7. The third kappa shape index (κ3) is 3.74. The summed E-state index contributed by atoms with van der Waals surface area (Å²) in [4.78, 5) is 0. The zero-order chi connectivity index (χ0) is 12.8. The molecule has 0 aliphatic heterocycles. The first kappa shape index (κ1) is 14.0. The molecule has 0 bridgehead atoms. The maximum Gasteiger partial charge on any atom is 0.123 e. The Kier molecular flexibility index (Phi) is 5.49. The molecule has 2 unspecified atom stereocenters. The van der Waals surface area contributed by atoms with Gasteiger partial charge in [0.15, 0.2) is 0 Å². The van der Waals surface area contributed by atoms with Gasteiger partial charge in [-0.25, -0.2) is 0 Å². The van der Waals surface area contributed by atoms with E-state index in [0.29, 0.717) is 18.0 Å². The van der Waals surface area contributed by atoms with Gasteiger partial charge in [-0.3, -0.25) is 0 Å². The Morgan fingerprint density at radius 3 is 2.35 bits per heavy atom. The summed E-state index contributed by atoms with van der Waals surface area (Å²) >= 11 is 0. The summed E-state index contributed by atoms with van der Waals surface area (Å²) in [5.41, 5.74) is 1.25. The first-order valence-electron chi connectivity index (χ1n) is 6.49. The summed E-state index contributed by atoms with van der Waals surface area (Å²) < 4.78 is 5.43. The fraction of sp³-hybridized carbons (Fsp3) is 0.600. The number of benzene rings is 1. The van der Waals surface area contributed by atoms with Gasteiger partial charge < -0.3 is 10.1 Å². The average Bonchev–Trinajstić information content (AvgIpc) is 2.35. The van der Waals surface area contributed by atoms with E-state index in [-0.39, 0.29) is 0 Å². The summed E-state index contributed by atoms with van der Waals surface area (Å²) in [7, 11) is 1.73. The maximum absolute atomic E-state index is 5.43. The Bertz CT molecular complexity index is 335. The Labute approximate surface area is 105 Å². The number of para-hydroxylation sites is 1. The molecule has 2 heteroatoms. The third-order valence-corrected chi connectivity index (χ3v) is 3.39. The number of ether oxygens (including phenoxy) is 1. The van der Waals surface area contributed by atoms with Crippen LogP contribution in [0, 0.1) is 5.92 Å². The average molecular weight is 235 g/mol. The van der Waals surface area contributed by atoms with Gasteiger partial charge in [0.05, 0.1) is 7.11 Å². The van der Waals surface area contributed by atoms with Crippen LogP contribution >= 0.6 is 0 Å². The van der Waals surface area contributed by atoms with Crippen LogP contribution in [0.5, 0.6) is 5.75 Å². The molecule has 1 rings (SSSR count). The van der Waals surface area contributed by atoms with Gasteiger partial charge in [0.1, 0.15) is 5.75 Å². The second kappa shape index (κ2) is 6.65. The van der Waals surface area contributed by atoms with Gasteiger partial charge >= 0.3 is 0 Å². The van der Waals surface area contributed by atoms with Crippen LogP contribution in [0.4, 0.5) is 0 Å². The van der Waals surface area contributed by atoms with Crippen molar-refractivity contribution >= 4 is 0 Å². The monoisotopic (exact) mass is 235 g/mol. The van der Waals surface area contributed by atoms with Crippen molar-refractivity contribution < 1.29 is 4.74 Å². The van der Waals surface area contributed by atoms with Gasteiger partial charge in [-0.1, -0.05) is 39.0 Å². The molecule has 0 amide bonds. The van der Waals surface area contributed by atoms with E-state index in [0.717, 1.165) is 12.2 Å². The van der Waals surface area contributed by atoms with Crippen molar-refractivity contribution in [2.75, 3.05) is 7.11 Å². The highest BCUT2D eigenvalue weighted by Crippen LogP contribution is 2.27. The molecule has 96 valence electrons. The lowest BCUT2D eigenvalue weighted by Gasteiger charge is -2.26. The lowest BCUT2D eigenvalue weighted by molar-refractivity contribution is 0.354. The largest absolute Gasteiger partial charge is 0.496 e. The smallest absolute Gasteiger partial charge is 0.123 e. The molecule has 0 aliphatic carbocycles. The summed E-state index contributed by atoms with van der Waals surface area (Å²) in [5.74, 6) is 1.61. The maximum atomic E-state index is 5.43. The van der Waals surface area contributed by atoms with Gasteiger partial charge in [-0.2, -0.15) is 0 Å². The normalized spacial score (nSPS) is 14.7. The SMILES string of the molecule is CCC(NC(C)C(C)C)c1ccccc1OC. The first-order chi connectivity index (χ1) is 8.10. The second-order valence-corrected chi connectivity index (χ2v) is 4.90. The van der Waals surface area contributed by atoms with Crippen LogP contribution in [0.2, 0.25) is 0 Å². The molecule has 2 nitrogen and oxygen atoms in total. The van der Waals surface area contributed by atoms with Crippen molar-refractivity contribution in [1.82, 2.24) is 5.32 Å². The topological polar surface area (TPSA) is 21.3 Å². The van der Waals surface area contributed by atoms with Crippen molar-refractivity contribution in [2.24, 2.45) is 5.92 Å². The molecule has 2 atom stereocenters. The summed E-state index contributed by atoms with van der Waals surface area (Å²) in [6.07, 6.45) is 1.07. The van der Waals surface area contributed by atoms with Crippen LogP contribution < -0.4 is 10.1 Å². The van der Waals surface area contributed by atoms with E-state index in [4.69, 9.17) is 4.74 Å². The Morgan fingerprint density at radius 1 is 1.18 bits per heavy atom. The van der Waals surface area contributed by atoms with Gasteiger partial charge in [0.2, 0.25) is 0 Å². The molecule has 1 N–H and O–H groups in total. The third-order valence-electron chi connectivity index (χ3n) is 3.39. The number of rotatable bonds is 6. The highest BCUT2D eigenvalue weighted by Gasteiger charge is 2.17. The molecular weight excluding hydrogens is 210 g/mol. The number of methoxy groups -OCH3 is 1. The van der Waals surface area contributed by atoms with Crippen LogP contribution in [0.15, 0.2) is 24.3 Å². The van der Waals surface area contributed by atoms with E-state index in [1.54, 1.807) is 7.11 Å². The summed E-state index contributed by atoms with van der Waals surface area (Å²) in [6, 6.07) is 9.13. The Hall–Kier alpha value is -1.02.